The Morgan fingerprint density at radius 2 is 1.60 bits per heavy atom. The minimum absolute atomic E-state index is 0.0700. The Morgan fingerprint density at radius 1 is 0.933 bits per heavy atom. The van der Waals surface area contributed by atoms with Crippen LogP contribution in [0.2, 0.25) is 5.02 Å². The van der Waals surface area contributed by atoms with E-state index in [4.69, 9.17) is 21.6 Å². The van der Waals surface area contributed by atoms with Crippen LogP contribution in [-0.4, -0.2) is 24.3 Å². The molecular weight excluding hydrogens is 404 g/mol. The number of halogens is 1. The van der Waals surface area contributed by atoms with E-state index in [9.17, 15) is 14.4 Å². The number of hydrogen-bond acceptors (Lipinski definition) is 5. The molecule has 0 radical (unpaired) electrons. The summed E-state index contributed by atoms with van der Waals surface area (Å²) in [4.78, 5) is 37.3. The number of nitriles is 1. The van der Waals surface area contributed by atoms with E-state index in [2.05, 4.69) is 5.32 Å². The number of esters is 1. The van der Waals surface area contributed by atoms with E-state index >= 15 is 0 Å². The van der Waals surface area contributed by atoms with Crippen molar-refractivity contribution in [1.82, 2.24) is 0 Å². The molecule has 0 aliphatic carbocycles. The van der Waals surface area contributed by atoms with Gasteiger partial charge in [-0.15, -0.1) is 0 Å². The average molecular weight is 419 g/mol. The van der Waals surface area contributed by atoms with Crippen LogP contribution in [0.4, 0.5) is 5.69 Å². The molecule has 0 heterocycles. The number of carbonyl (C=O) groups excluding carboxylic acids is 3. The lowest BCUT2D eigenvalue weighted by molar-refractivity contribution is -0.119. The zero-order valence-electron chi connectivity index (χ0n) is 15.6. The maximum atomic E-state index is 12.7. The standard InChI is InChI=1S/C23H15ClN2O4/c24-20-12-17(11-10-16(20)13-25)26-21(27)14-30-23(29)19-9-5-4-8-18(19)22(28)15-6-2-1-3-7-15/h1-12H,14H2,(H,26,27). The van der Waals surface area contributed by atoms with E-state index in [0.29, 0.717) is 11.3 Å². The Kier molecular flexibility index (Phi) is 6.58. The van der Waals surface area contributed by atoms with Gasteiger partial charge in [-0.1, -0.05) is 60.1 Å². The molecule has 0 aliphatic heterocycles. The molecular formula is C23H15ClN2O4. The molecule has 30 heavy (non-hydrogen) atoms. The third-order valence-electron chi connectivity index (χ3n) is 4.14. The van der Waals surface area contributed by atoms with Gasteiger partial charge < -0.3 is 10.1 Å². The Labute approximate surface area is 177 Å². The lowest BCUT2D eigenvalue weighted by Crippen LogP contribution is -2.22. The number of hydrogen-bond donors (Lipinski definition) is 1. The molecule has 0 fully saturated rings. The number of benzene rings is 3. The minimum atomic E-state index is -0.789. The molecule has 3 rings (SSSR count). The Bertz CT molecular complexity index is 1150. The zero-order valence-corrected chi connectivity index (χ0v) is 16.3. The van der Waals surface area contributed by atoms with Crippen molar-refractivity contribution in [3.05, 3.63) is 100 Å². The summed E-state index contributed by atoms with van der Waals surface area (Å²) in [5, 5.41) is 11.6. The fourth-order valence-electron chi connectivity index (χ4n) is 2.69. The second kappa shape index (κ2) is 9.50. The predicted octanol–water partition coefficient (Wildman–Crippen LogP) is 4.24. The number of carbonyl (C=O) groups is 3. The van der Waals surface area contributed by atoms with E-state index in [-0.39, 0.29) is 27.5 Å². The molecule has 3 aromatic carbocycles. The normalized spacial score (nSPS) is 10.0. The quantitative estimate of drug-likeness (QED) is 0.477. The average Bonchev–Trinajstić information content (AvgIpc) is 2.77. The first-order valence-corrected chi connectivity index (χ1v) is 9.23. The molecule has 3 aromatic rings. The monoisotopic (exact) mass is 418 g/mol. The molecule has 0 unspecified atom stereocenters. The van der Waals surface area contributed by atoms with Gasteiger partial charge >= 0.3 is 5.97 Å². The second-order valence-electron chi connectivity index (χ2n) is 6.17. The van der Waals surface area contributed by atoms with Crippen molar-refractivity contribution in [2.75, 3.05) is 11.9 Å². The molecule has 0 spiro atoms. The molecule has 0 aromatic heterocycles. The summed E-state index contributed by atoms with van der Waals surface area (Å²) in [6, 6.07) is 21.1. The number of nitrogens with zero attached hydrogens (tertiary/aromatic N) is 1. The molecule has 148 valence electrons. The van der Waals surface area contributed by atoms with E-state index in [1.54, 1.807) is 42.5 Å². The predicted molar refractivity (Wildman–Crippen MR) is 111 cm³/mol. The molecule has 6 nitrogen and oxygen atoms in total. The van der Waals surface area contributed by atoms with Crippen molar-refractivity contribution in [3.8, 4) is 6.07 Å². The third kappa shape index (κ3) is 4.90. The number of amides is 1. The van der Waals surface area contributed by atoms with Crippen molar-refractivity contribution in [1.29, 1.82) is 5.26 Å². The lowest BCUT2D eigenvalue weighted by atomic mass is 9.98. The zero-order chi connectivity index (χ0) is 21.5. The van der Waals surface area contributed by atoms with Gasteiger partial charge in [-0.05, 0) is 24.3 Å². The maximum absolute atomic E-state index is 12.7. The summed E-state index contributed by atoms with van der Waals surface area (Å²) in [7, 11) is 0. The van der Waals surface area contributed by atoms with Gasteiger partial charge in [0.05, 0.1) is 16.1 Å². The third-order valence-corrected chi connectivity index (χ3v) is 4.45. The molecule has 0 bridgehead atoms. The van der Waals surface area contributed by atoms with Crippen molar-refractivity contribution in [2.45, 2.75) is 0 Å². The fraction of sp³-hybridized carbons (Fsp3) is 0.0435. The Morgan fingerprint density at radius 3 is 2.27 bits per heavy atom. The van der Waals surface area contributed by atoms with Gasteiger partial charge in [0.15, 0.2) is 12.4 Å². The molecule has 1 N–H and O–H groups in total. The highest BCUT2D eigenvalue weighted by Crippen LogP contribution is 2.20. The topological polar surface area (TPSA) is 96.3 Å². The Balaban J connectivity index is 1.67. The van der Waals surface area contributed by atoms with Crippen LogP contribution < -0.4 is 5.32 Å². The highest BCUT2D eigenvalue weighted by molar-refractivity contribution is 6.32. The van der Waals surface area contributed by atoms with Gasteiger partial charge in [0.2, 0.25) is 0 Å². The number of rotatable bonds is 6. The van der Waals surface area contributed by atoms with Gasteiger partial charge in [0, 0.05) is 16.8 Å². The van der Waals surface area contributed by atoms with Gasteiger partial charge in [0.25, 0.3) is 5.91 Å². The van der Waals surface area contributed by atoms with Crippen LogP contribution in [0, 0.1) is 11.3 Å². The first-order chi connectivity index (χ1) is 14.5. The number of nitrogens with one attached hydrogen (secondary N) is 1. The summed E-state index contributed by atoms with van der Waals surface area (Å²) >= 11 is 5.93. The van der Waals surface area contributed by atoms with Crippen LogP contribution in [0.15, 0.2) is 72.8 Å². The van der Waals surface area contributed by atoms with E-state index in [0.717, 1.165) is 0 Å². The largest absolute Gasteiger partial charge is 0.452 e. The molecule has 1 amide bonds. The summed E-state index contributed by atoms with van der Waals surface area (Å²) in [5.74, 6) is -1.70. The summed E-state index contributed by atoms with van der Waals surface area (Å²) in [6.07, 6.45) is 0. The summed E-state index contributed by atoms with van der Waals surface area (Å²) in [6.45, 7) is -0.551. The number of anilines is 1. The van der Waals surface area contributed by atoms with Crippen molar-refractivity contribution >= 4 is 34.9 Å². The maximum Gasteiger partial charge on any atom is 0.339 e. The first kappa shape index (κ1) is 20.8. The molecule has 0 aliphatic rings. The van der Waals surface area contributed by atoms with Crippen molar-refractivity contribution in [3.63, 3.8) is 0 Å². The van der Waals surface area contributed by atoms with Crippen LogP contribution in [0.25, 0.3) is 0 Å². The minimum Gasteiger partial charge on any atom is -0.452 e. The summed E-state index contributed by atoms with van der Waals surface area (Å²) < 4.78 is 5.08. The number of ketones is 1. The summed E-state index contributed by atoms with van der Waals surface area (Å²) in [5.41, 5.74) is 1.34. The number of ether oxygens (including phenoxy) is 1. The van der Waals surface area contributed by atoms with Gasteiger partial charge in [-0.3, -0.25) is 9.59 Å². The van der Waals surface area contributed by atoms with Gasteiger partial charge in [-0.2, -0.15) is 5.26 Å². The smallest absolute Gasteiger partial charge is 0.339 e. The lowest BCUT2D eigenvalue weighted by Gasteiger charge is -2.10. The van der Waals surface area contributed by atoms with Crippen molar-refractivity contribution in [2.24, 2.45) is 0 Å². The molecule has 0 saturated heterocycles. The fourth-order valence-corrected chi connectivity index (χ4v) is 2.92. The molecule has 0 saturated carbocycles. The van der Waals surface area contributed by atoms with E-state index in [1.165, 1.54) is 30.3 Å². The Hall–Kier alpha value is -3.95. The van der Waals surface area contributed by atoms with Gasteiger partial charge in [0.1, 0.15) is 6.07 Å². The first-order valence-electron chi connectivity index (χ1n) is 8.85. The van der Waals surface area contributed by atoms with E-state index < -0.39 is 18.5 Å². The van der Waals surface area contributed by atoms with Crippen LogP contribution in [0.5, 0.6) is 0 Å². The highest BCUT2D eigenvalue weighted by Gasteiger charge is 2.19. The molecule has 0 atom stereocenters. The van der Waals surface area contributed by atoms with E-state index in [1.807, 2.05) is 6.07 Å². The van der Waals surface area contributed by atoms with Crippen LogP contribution in [-0.2, 0) is 9.53 Å². The second-order valence-corrected chi connectivity index (χ2v) is 6.58. The van der Waals surface area contributed by atoms with Crippen LogP contribution >= 0.6 is 11.6 Å². The highest BCUT2D eigenvalue weighted by atomic mass is 35.5. The van der Waals surface area contributed by atoms with Crippen LogP contribution in [0.3, 0.4) is 0 Å². The van der Waals surface area contributed by atoms with Crippen molar-refractivity contribution < 1.29 is 19.1 Å². The molecule has 7 heteroatoms. The van der Waals surface area contributed by atoms with Crippen LogP contribution in [0.1, 0.15) is 31.8 Å². The SMILES string of the molecule is N#Cc1ccc(NC(=O)COC(=O)c2ccccc2C(=O)c2ccccc2)cc1Cl. The van der Waals surface area contributed by atoms with Gasteiger partial charge in [-0.25, -0.2) is 4.79 Å².